The van der Waals surface area contributed by atoms with Gasteiger partial charge in [0.25, 0.3) is 5.91 Å². The van der Waals surface area contributed by atoms with Crippen LogP contribution in [0.4, 0.5) is 0 Å². The van der Waals surface area contributed by atoms with Gasteiger partial charge in [-0.3, -0.25) is 4.79 Å². The minimum Gasteiger partial charge on any atom is -0.496 e. The van der Waals surface area contributed by atoms with Crippen LogP contribution in [0.1, 0.15) is 24.2 Å². The summed E-state index contributed by atoms with van der Waals surface area (Å²) in [6.07, 6.45) is 0. The molecule has 0 saturated heterocycles. The molecule has 0 saturated carbocycles. The highest BCUT2D eigenvalue weighted by Gasteiger charge is 2.15. The summed E-state index contributed by atoms with van der Waals surface area (Å²) in [6, 6.07) is 3.61. The van der Waals surface area contributed by atoms with Crippen molar-refractivity contribution in [2.75, 3.05) is 20.2 Å². The lowest BCUT2D eigenvalue weighted by molar-refractivity contribution is 0.0947. The van der Waals surface area contributed by atoms with E-state index in [4.69, 9.17) is 16.3 Å². The molecule has 0 heterocycles. The molecule has 0 aromatic heterocycles. The third-order valence-corrected chi connectivity index (χ3v) is 4.13. The van der Waals surface area contributed by atoms with Gasteiger partial charge in [0.1, 0.15) is 5.75 Å². The van der Waals surface area contributed by atoms with Gasteiger partial charge in [-0.25, -0.2) is 0 Å². The van der Waals surface area contributed by atoms with Gasteiger partial charge in [0.2, 0.25) is 0 Å². The summed E-state index contributed by atoms with van der Waals surface area (Å²) in [7, 11) is 1.54. The van der Waals surface area contributed by atoms with Gasteiger partial charge in [0, 0.05) is 16.2 Å². The van der Waals surface area contributed by atoms with E-state index in [1.165, 1.54) is 7.11 Å². The van der Waals surface area contributed by atoms with Crippen molar-refractivity contribution in [2.24, 2.45) is 0 Å². The number of halogens is 3. The molecule has 2 N–H and O–H groups in total. The van der Waals surface area contributed by atoms with Crippen molar-refractivity contribution in [2.45, 2.75) is 19.9 Å². The first-order valence-electron chi connectivity index (χ1n) is 6.04. The zero-order valence-electron chi connectivity index (χ0n) is 11.6. The average Bonchev–Trinajstić information content (AvgIpc) is 2.39. The number of hydrogen-bond acceptors (Lipinski definition) is 3. The van der Waals surface area contributed by atoms with Gasteiger partial charge in [-0.15, -0.1) is 12.4 Å². The zero-order valence-corrected chi connectivity index (χ0v) is 15.4. The lowest BCUT2D eigenvalue weighted by Gasteiger charge is -2.15. The van der Waals surface area contributed by atoms with E-state index in [1.54, 1.807) is 12.1 Å². The van der Waals surface area contributed by atoms with Crippen LogP contribution in [0.3, 0.4) is 0 Å². The molecule has 0 fully saturated rings. The first-order valence-corrected chi connectivity index (χ1v) is 7.49. The van der Waals surface area contributed by atoms with E-state index in [1.807, 2.05) is 13.8 Å². The van der Waals surface area contributed by atoms with E-state index in [-0.39, 0.29) is 24.4 Å². The number of likely N-dealkylation sites (N-methyl/N-ethyl adjacent to an activating group) is 1. The number of hydrogen-bond donors (Lipinski definition) is 2. The summed E-state index contributed by atoms with van der Waals surface area (Å²) in [5, 5.41) is 6.64. The molecule has 1 aromatic rings. The first-order chi connectivity index (χ1) is 8.99. The van der Waals surface area contributed by atoms with Gasteiger partial charge in [-0.05, 0) is 48.2 Å². The molecule has 1 amide bonds. The third kappa shape index (κ3) is 5.63. The van der Waals surface area contributed by atoms with Gasteiger partial charge in [-0.1, -0.05) is 18.5 Å². The fraction of sp³-hybridized carbons (Fsp3) is 0.462. The van der Waals surface area contributed by atoms with Crippen molar-refractivity contribution >= 4 is 52.5 Å². The molecule has 1 atom stereocenters. The second kappa shape index (κ2) is 9.65. The second-order valence-corrected chi connectivity index (χ2v) is 5.70. The van der Waals surface area contributed by atoms with Crippen molar-refractivity contribution in [3.8, 4) is 5.75 Å². The summed E-state index contributed by atoms with van der Waals surface area (Å²) in [5.41, 5.74) is 0.455. The van der Waals surface area contributed by atoms with E-state index in [9.17, 15) is 4.79 Å². The molecule has 1 aromatic carbocycles. The first kappa shape index (κ1) is 19.8. The van der Waals surface area contributed by atoms with Crippen LogP contribution in [0.15, 0.2) is 12.1 Å². The van der Waals surface area contributed by atoms with Crippen LogP contribution in [0.5, 0.6) is 5.75 Å². The minimum absolute atomic E-state index is 0. The SMILES string of the molecule is CCN[C@H](C)CNC(=O)c1cc(Cl)c(I)cc1OC.Cl. The van der Waals surface area contributed by atoms with E-state index in [2.05, 4.69) is 33.2 Å². The summed E-state index contributed by atoms with van der Waals surface area (Å²) in [4.78, 5) is 12.1. The van der Waals surface area contributed by atoms with Crippen molar-refractivity contribution in [3.63, 3.8) is 0 Å². The van der Waals surface area contributed by atoms with Crippen LogP contribution < -0.4 is 15.4 Å². The summed E-state index contributed by atoms with van der Waals surface area (Å²) in [5.74, 6) is 0.349. The fourth-order valence-corrected chi connectivity index (χ4v) is 2.24. The van der Waals surface area contributed by atoms with Crippen LogP contribution in [0.25, 0.3) is 0 Å². The molecule has 0 bridgehead atoms. The van der Waals surface area contributed by atoms with Crippen molar-refractivity contribution in [1.82, 2.24) is 10.6 Å². The Hall–Kier alpha value is -0.240. The lowest BCUT2D eigenvalue weighted by atomic mass is 10.2. The molecule has 20 heavy (non-hydrogen) atoms. The maximum absolute atomic E-state index is 12.1. The van der Waals surface area contributed by atoms with Gasteiger partial charge < -0.3 is 15.4 Å². The Morgan fingerprint density at radius 3 is 2.70 bits per heavy atom. The Morgan fingerprint density at radius 1 is 1.50 bits per heavy atom. The molecule has 0 radical (unpaired) electrons. The monoisotopic (exact) mass is 432 g/mol. The number of amides is 1. The second-order valence-electron chi connectivity index (χ2n) is 4.14. The van der Waals surface area contributed by atoms with E-state index in [0.29, 0.717) is 22.9 Å². The third-order valence-electron chi connectivity index (χ3n) is 2.61. The van der Waals surface area contributed by atoms with Crippen LogP contribution in [0, 0.1) is 3.57 Å². The Morgan fingerprint density at radius 2 is 2.15 bits per heavy atom. The van der Waals surface area contributed by atoms with Crippen molar-refractivity contribution in [3.05, 3.63) is 26.3 Å². The quantitative estimate of drug-likeness (QED) is 0.679. The van der Waals surface area contributed by atoms with Crippen LogP contribution in [-0.2, 0) is 0 Å². The molecule has 4 nitrogen and oxygen atoms in total. The van der Waals surface area contributed by atoms with Gasteiger partial charge in [0.15, 0.2) is 0 Å². The van der Waals surface area contributed by atoms with Crippen molar-refractivity contribution in [1.29, 1.82) is 0 Å². The number of carbonyl (C=O) groups is 1. The number of carbonyl (C=O) groups excluding carboxylic acids is 1. The minimum atomic E-state index is -0.181. The van der Waals surface area contributed by atoms with Gasteiger partial charge >= 0.3 is 0 Å². The van der Waals surface area contributed by atoms with E-state index >= 15 is 0 Å². The molecule has 0 spiro atoms. The topological polar surface area (TPSA) is 50.4 Å². The van der Waals surface area contributed by atoms with E-state index in [0.717, 1.165) is 10.1 Å². The molecule has 1 rings (SSSR count). The Labute approximate surface area is 144 Å². The van der Waals surface area contributed by atoms with Crippen molar-refractivity contribution < 1.29 is 9.53 Å². The van der Waals surface area contributed by atoms with Gasteiger partial charge in [0.05, 0.1) is 17.7 Å². The van der Waals surface area contributed by atoms with Crippen LogP contribution >= 0.6 is 46.6 Å². The predicted octanol–water partition coefficient (Wildman–Crippen LogP) is 3.10. The molecule has 0 aliphatic rings. The highest BCUT2D eigenvalue weighted by atomic mass is 127. The normalized spacial score (nSPS) is 11.4. The average molecular weight is 433 g/mol. The highest BCUT2D eigenvalue weighted by Crippen LogP contribution is 2.28. The number of ether oxygens (including phenoxy) is 1. The maximum Gasteiger partial charge on any atom is 0.255 e. The molecule has 0 unspecified atom stereocenters. The Kier molecular flexibility index (Phi) is 9.54. The molecular formula is C13H19Cl2IN2O2. The molecule has 7 heteroatoms. The highest BCUT2D eigenvalue weighted by molar-refractivity contribution is 14.1. The number of nitrogens with one attached hydrogen (secondary N) is 2. The number of methoxy groups -OCH3 is 1. The largest absolute Gasteiger partial charge is 0.496 e. The maximum atomic E-state index is 12.1. The zero-order chi connectivity index (χ0) is 14.4. The van der Waals surface area contributed by atoms with E-state index < -0.39 is 0 Å². The lowest BCUT2D eigenvalue weighted by Crippen LogP contribution is -2.38. The Bertz CT molecular complexity index is 458. The summed E-state index contributed by atoms with van der Waals surface area (Å²) < 4.78 is 6.07. The van der Waals surface area contributed by atoms with Gasteiger partial charge in [-0.2, -0.15) is 0 Å². The Balaban J connectivity index is 0.00000361. The number of benzene rings is 1. The summed E-state index contributed by atoms with van der Waals surface area (Å²) in [6.45, 7) is 5.47. The molecular weight excluding hydrogens is 414 g/mol. The molecule has 0 aliphatic carbocycles. The molecule has 0 aliphatic heterocycles. The fourth-order valence-electron chi connectivity index (χ4n) is 1.64. The van der Waals surface area contributed by atoms with Crippen LogP contribution in [0.2, 0.25) is 5.02 Å². The standard InChI is InChI=1S/C13H18ClIN2O2.ClH/c1-4-16-8(2)7-17-13(18)9-5-10(14)11(15)6-12(9)19-3;/h5-6,8,16H,4,7H2,1-3H3,(H,17,18);1H/t8-;/m1./s1. The molecule has 114 valence electrons. The number of rotatable bonds is 6. The summed E-state index contributed by atoms with van der Waals surface area (Å²) >= 11 is 8.15. The predicted molar refractivity (Wildman–Crippen MR) is 93.4 cm³/mol. The smallest absolute Gasteiger partial charge is 0.255 e. The van der Waals surface area contributed by atoms with Crippen LogP contribution in [-0.4, -0.2) is 32.1 Å².